The molecule has 2 atom stereocenters. The van der Waals surface area contributed by atoms with E-state index in [4.69, 9.17) is 5.73 Å². The van der Waals surface area contributed by atoms with E-state index >= 15 is 0 Å². The lowest BCUT2D eigenvalue weighted by atomic mass is 10.0. The third-order valence-electron chi connectivity index (χ3n) is 4.89. The molecule has 1 aromatic rings. The zero-order chi connectivity index (χ0) is 20.4. The van der Waals surface area contributed by atoms with Crippen molar-refractivity contribution >= 4 is 23.6 Å². The van der Waals surface area contributed by atoms with Gasteiger partial charge in [0.05, 0.1) is 17.2 Å². The van der Waals surface area contributed by atoms with Gasteiger partial charge in [0.1, 0.15) is 6.04 Å². The molecule has 1 saturated heterocycles. The number of fused-ring (bicyclic) bond motifs is 1. The monoisotopic (exact) mass is 394 g/mol. The largest absolute Gasteiger partial charge is 0.330 e. The Morgan fingerprint density at radius 1 is 1.21 bits per heavy atom. The van der Waals surface area contributed by atoms with Gasteiger partial charge < -0.3 is 11.1 Å². The third kappa shape index (κ3) is 3.65. The van der Waals surface area contributed by atoms with Crippen LogP contribution in [0.5, 0.6) is 0 Å². The van der Waals surface area contributed by atoms with Crippen LogP contribution in [0.3, 0.4) is 0 Å². The van der Waals surface area contributed by atoms with Gasteiger partial charge in [0.2, 0.25) is 11.8 Å². The Hall–Kier alpha value is -2.72. The van der Waals surface area contributed by atoms with E-state index in [2.05, 4.69) is 10.6 Å². The number of imide groups is 2. The highest BCUT2D eigenvalue weighted by atomic mass is 19.3. The molecule has 2 aliphatic heterocycles. The van der Waals surface area contributed by atoms with Crippen molar-refractivity contribution < 1.29 is 28.0 Å². The Kier molecular flexibility index (Phi) is 5.80. The van der Waals surface area contributed by atoms with Crippen LogP contribution in [0.15, 0.2) is 18.2 Å². The molecule has 0 aromatic heterocycles. The molecule has 2 heterocycles. The average molecular weight is 394 g/mol. The third-order valence-corrected chi connectivity index (χ3v) is 4.89. The zero-order valence-electron chi connectivity index (χ0n) is 14.9. The first-order chi connectivity index (χ1) is 13.3. The van der Waals surface area contributed by atoms with Crippen molar-refractivity contribution in [3.05, 3.63) is 34.9 Å². The fourth-order valence-electron chi connectivity index (χ4n) is 3.47. The molecule has 4 amide bonds. The molecule has 0 spiro atoms. The Bertz CT molecular complexity index is 830. The van der Waals surface area contributed by atoms with Crippen molar-refractivity contribution in [3.63, 3.8) is 0 Å². The maximum Gasteiger partial charge on any atom is 0.262 e. The van der Waals surface area contributed by atoms with Gasteiger partial charge in [-0.25, -0.2) is 8.78 Å². The van der Waals surface area contributed by atoms with E-state index in [0.29, 0.717) is 5.56 Å². The second-order valence-electron chi connectivity index (χ2n) is 6.69. The van der Waals surface area contributed by atoms with E-state index < -0.39 is 42.1 Å². The molecule has 8 nitrogen and oxygen atoms in total. The van der Waals surface area contributed by atoms with Crippen LogP contribution in [0.4, 0.5) is 8.78 Å². The van der Waals surface area contributed by atoms with Crippen LogP contribution >= 0.6 is 0 Å². The van der Waals surface area contributed by atoms with Gasteiger partial charge in [-0.1, -0.05) is 12.1 Å². The van der Waals surface area contributed by atoms with E-state index in [9.17, 15) is 28.0 Å². The van der Waals surface area contributed by atoms with Crippen molar-refractivity contribution in [1.82, 2.24) is 15.5 Å². The SMILES string of the molecule is NCCC(NCc1cccc2c1C(=O)N(C1CCC(=O)NC1=O)C2=O)C(F)F. The van der Waals surface area contributed by atoms with Gasteiger partial charge in [0, 0.05) is 13.0 Å². The maximum atomic E-state index is 13.1. The zero-order valence-corrected chi connectivity index (χ0v) is 14.9. The van der Waals surface area contributed by atoms with Crippen LogP contribution in [0.25, 0.3) is 0 Å². The number of nitrogens with zero attached hydrogens (tertiary/aromatic N) is 1. The normalized spacial score (nSPS) is 20.6. The fraction of sp³-hybridized carbons (Fsp3) is 0.444. The predicted octanol–water partition coefficient (Wildman–Crippen LogP) is 0.160. The number of halogens is 2. The number of alkyl halides is 2. The molecule has 0 aliphatic carbocycles. The second kappa shape index (κ2) is 8.11. The van der Waals surface area contributed by atoms with Crippen molar-refractivity contribution in [2.45, 2.75) is 44.3 Å². The number of nitrogens with one attached hydrogen (secondary N) is 2. The summed E-state index contributed by atoms with van der Waals surface area (Å²) in [5.41, 5.74) is 5.93. The van der Waals surface area contributed by atoms with Crippen LogP contribution < -0.4 is 16.4 Å². The van der Waals surface area contributed by atoms with Crippen molar-refractivity contribution in [3.8, 4) is 0 Å². The summed E-state index contributed by atoms with van der Waals surface area (Å²) in [6.45, 7) is 0.0238. The lowest BCUT2D eigenvalue weighted by Gasteiger charge is -2.27. The predicted molar refractivity (Wildman–Crippen MR) is 93.4 cm³/mol. The molecule has 1 fully saturated rings. The summed E-state index contributed by atoms with van der Waals surface area (Å²) in [6, 6.07) is 2.36. The topological polar surface area (TPSA) is 122 Å². The minimum atomic E-state index is -2.63. The molecule has 0 saturated carbocycles. The van der Waals surface area contributed by atoms with Crippen molar-refractivity contribution in [2.75, 3.05) is 6.54 Å². The van der Waals surface area contributed by atoms with Gasteiger partial charge in [-0.05, 0) is 31.0 Å². The number of carbonyl (C=O) groups excluding carboxylic acids is 4. The van der Waals surface area contributed by atoms with Gasteiger partial charge in [-0.15, -0.1) is 0 Å². The number of amides is 4. The number of hydrogen-bond acceptors (Lipinski definition) is 6. The molecule has 4 N–H and O–H groups in total. The molecule has 1 aromatic carbocycles. The van der Waals surface area contributed by atoms with Crippen molar-refractivity contribution in [1.29, 1.82) is 0 Å². The number of rotatable bonds is 7. The molecule has 2 aliphatic rings. The lowest BCUT2D eigenvalue weighted by Crippen LogP contribution is -2.54. The Morgan fingerprint density at radius 3 is 2.61 bits per heavy atom. The van der Waals surface area contributed by atoms with Crippen LogP contribution in [0.2, 0.25) is 0 Å². The summed E-state index contributed by atoms with van der Waals surface area (Å²) in [4.78, 5) is 49.9. The van der Waals surface area contributed by atoms with Gasteiger partial charge in [-0.3, -0.25) is 29.4 Å². The fourth-order valence-corrected chi connectivity index (χ4v) is 3.47. The molecule has 2 unspecified atom stereocenters. The molecule has 10 heteroatoms. The number of hydrogen-bond donors (Lipinski definition) is 3. The van der Waals surface area contributed by atoms with E-state index in [0.717, 1.165) is 4.90 Å². The van der Waals surface area contributed by atoms with E-state index in [1.165, 1.54) is 6.07 Å². The number of nitrogens with two attached hydrogens (primary N) is 1. The summed E-state index contributed by atoms with van der Waals surface area (Å²) >= 11 is 0. The summed E-state index contributed by atoms with van der Waals surface area (Å²) in [7, 11) is 0. The molecule has 28 heavy (non-hydrogen) atoms. The summed E-state index contributed by atoms with van der Waals surface area (Å²) in [6.07, 6.45) is -2.50. The second-order valence-corrected chi connectivity index (χ2v) is 6.69. The highest BCUT2D eigenvalue weighted by Gasteiger charge is 2.45. The standard InChI is InChI=1S/C18H20F2N4O4/c19-15(20)11(6-7-21)22-8-9-2-1-3-10-14(9)18(28)24(17(10)27)12-4-5-13(25)23-16(12)26/h1-3,11-12,15,22H,4-8,21H2,(H,23,25,26). The highest BCUT2D eigenvalue weighted by molar-refractivity contribution is 6.24. The van der Waals surface area contributed by atoms with Gasteiger partial charge in [0.25, 0.3) is 18.2 Å². The first kappa shape index (κ1) is 20.0. The van der Waals surface area contributed by atoms with Gasteiger partial charge in [0.15, 0.2) is 0 Å². The molecular formula is C18H20F2N4O4. The number of carbonyl (C=O) groups is 4. The van der Waals surface area contributed by atoms with Crippen LogP contribution in [0, 0.1) is 0 Å². The summed E-state index contributed by atoms with van der Waals surface area (Å²) in [5.74, 6) is -2.46. The molecular weight excluding hydrogens is 374 g/mol. The Balaban J connectivity index is 1.84. The number of benzene rings is 1. The minimum absolute atomic E-state index is 0.0212. The average Bonchev–Trinajstić information content (AvgIpc) is 2.90. The van der Waals surface area contributed by atoms with E-state index in [1.807, 2.05) is 0 Å². The highest BCUT2D eigenvalue weighted by Crippen LogP contribution is 2.30. The summed E-state index contributed by atoms with van der Waals surface area (Å²) in [5, 5.41) is 4.80. The number of piperidine rings is 1. The Morgan fingerprint density at radius 2 is 1.96 bits per heavy atom. The van der Waals surface area contributed by atoms with Crippen LogP contribution in [-0.2, 0) is 16.1 Å². The molecule has 0 bridgehead atoms. The first-order valence-electron chi connectivity index (χ1n) is 8.90. The van der Waals surface area contributed by atoms with E-state index in [-0.39, 0.29) is 43.5 Å². The minimum Gasteiger partial charge on any atom is -0.330 e. The van der Waals surface area contributed by atoms with Crippen LogP contribution in [0.1, 0.15) is 45.5 Å². The molecule has 3 rings (SSSR count). The Labute approximate surface area is 159 Å². The quantitative estimate of drug-likeness (QED) is 0.567. The van der Waals surface area contributed by atoms with Crippen molar-refractivity contribution in [2.24, 2.45) is 5.73 Å². The molecule has 150 valence electrons. The van der Waals surface area contributed by atoms with Gasteiger partial charge in [-0.2, -0.15) is 0 Å². The van der Waals surface area contributed by atoms with Crippen LogP contribution in [-0.4, -0.2) is 53.6 Å². The smallest absolute Gasteiger partial charge is 0.262 e. The summed E-state index contributed by atoms with van der Waals surface area (Å²) < 4.78 is 26.1. The first-order valence-corrected chi connectivity index (χ1v) is 8.90. The lowest BCUT2D eigenvalue weighted by molar-refractivity contribution is -0.136. The molecule has 0 radical (unpaired) electrons. The van der Waals surface area contributed by atoms with E-state index in [1.54, 1.807) is 12.1 Å². The maximum absolute atomic E-state index is 13.1. The van der Waals surface area contributed by atoms with Gasteiger partial charge >= 0.3 is 0 Å².